The van der Waals surface area contributed by atoms with E-state index < -0.39 is 0 Å². The Hall–Kier alpha value is -2.63. The summed E-state index contributed by atoms with van der Waals surface area (Å²) in [5.41, 5.74) is 4.89. The first-order chi connectivity index (χ1) is 16.9. The number of pyridine rings is 2. The molecule has 9 heteroatoms. The topological polar surface area (TPSA) is 46.5 Å². The second-order valence-electron chi connectivity index (χ2n) is 7.22. The highest BCUT2D eigenvalue weighted by atomic mass is 127. The van der Waals surface area contributed by atoms with Crippen LogP contribution >= 0.6 is 54.5 Å². The Labute approximate surface area is 230 Å². The number of halogens is 5. The van der Waals surface area contributed by atoms with Gasteiger partial charge in [-0.25, -0.2) is 8.78 Å². The summed E-state index contributed by atoms with van der Waals surface area (Å²) in [5, 5.41) is 0. The Balaban J connectivity index is 0.000000136. The van der Waals surface area contributed by atoms with Gasteiger partial charge in [-0.15, -0.1) is 0 Å². The second-order valence-corrected chi connectivity index (χ2v) is 10.3. The molecule has 0 unspecified atom stereocenters. The molecular formula is C26H17Br2F2IN4. The van der Waals surface area contributed by atoms with Crippen molar-refractivity contribution in [3.05, 3.63) is 122 Å². The Morgan fingerprint density at radius 1 is 0.743 bits per heavy atom. The third kappa shape index (κ3) is 6.96. The number of aromatic nitrogens is 4. The minimum absolute atomic E-state index is 0.176. The first-order valence-electron chi connectivity index (χ1n) is 10.3. The summed E-state index contributed by atoms with van der Waals surface area (Å²) in [6, 6.07) is 20.6. The SMILES string of the molecule is Brc1cnc2cc[nH]c2c1.Fc1ccc(-n2ccc3ncc(Br)cc32)cc1.Fc1ccc(I)cc1. The van der Waals surface area contributed by atoms with E-state index in [0.29, 0.717) is 0 Å². The Kier molecular flexibility index (Phi) is 8.64. The van der Waals surface area contributed by atoms with Gasteiger partial charge in [0.1, 0.15) is 11.6 Å². The summed E-state index contributed by atoms with van der Waals surface area (Å²) in [6.07, 6.45) is 7.36. The average Bonchev–Trinajstić information content (AvgIpc) is 3.49. The number of nitrogens with one attached hydrogen (secondary N) is 1. The fraction of sp³-hybridized carbons (Fsp3) is 0. The monoisotopic (exact) mass is 708 g/mol. The van der Waals surface area contributed by atoms with E-state index in [2.05, 4.69) is 69.4 Å². The average molecular weight is 710 g/mol. The first kappa shape index (κ1) is 25.5. The van der Waals surface area contributed by atoms with Gasteiger partial charge >= 0.3 is 0 Å². The summed E-state index contributed by atoms with van der Waals surface area (Å²) < 4.78 is 29.9. The molecular weight excluding hydrogens is 693 g/mol. The van der Waals surface area contributed by atoms with E-state index >= 15 is 0 Å². The Morgan fingerprint density at radius 3 is 2.00 bits per heavy atom. The number of hydrogen-bond acceptors (Lipinski definition) is 2. The molecule has 0 spiro atoms. The van der Waals surface area contributed by atoms with Crippen LogP contribution in [0.2, 0.25) is 0 Å². The number of nitrogens with zero attached hydrogens (tertiary/aromatic N) is 3. The summed E-state index contributed by atoms with van der Waals surface area (Å²) >= 11 is 8.86. The quantitative estimate of drug-likeness (QED) is 0.174. The van der Waals surface area contributed by atoms with Crippen LogP contribution in [0.1, 0.15) is 0 Å². The van der Waals surface area contributed by atoms with Crippen molar-refractivity contribution in [2.75, 3.05) is 0 Å². The lowest BCUT2D eigenvalue weighted by molar-refractivity contribution is 0.627. The first-order valence-corrected chi connectivity index (χ1v) is 12.9. The van der Waals surface area contributed by atoms with Crippen LogP contribution in [0, 0.1) is 15.2 Å². The summed E-state index contributed by atoms with van der Waals surface area (Å²) in [5.74, 6) is -0.407. The smallest absolute Gasteiger partial charge is 0.123 e. The van der Waals surface area contributed by atoms with Gasteiger partial charge in [-0.1, -0.05) is 0 Å². The predicted octanol–water partition coefficient (Wildman–Crippen LogP) is 8.68. The maximum absolute atomic E-state index is 12.9. The van der Waals surface area contributed by atoms with Crippen molar-refractivity contribution in [2.45, 2.75) is 0 Å². The van der Waals surface area contributed by atoms with Gasteiger partial charge in [0.2, 0.25) is 0 Å². The number of fused-ring (bicyclic) bond motifs is 2. The third-order valence-corrected chi connectivity index (χ3v) is 6.37. The molecule has 0 aliphatic carbocycles. The molecule has 0 atom stereocenters. The van der Waals surface area contributed by atoms with Crippen molar-refractivity contribution < 1.29 is 8.78 Å². The minimum atomic E-state index is -0.232. The van der Waals surface area contributed by atoms with Crippen molar-refractivity contribution in [3.8, 4) is 5.69 Å². The molecule has 0 fully saturated rings. The van der Waals surface area contributed by atoms with E-state index in [1.807, 2.05) is 41.2 Å². The Bertz CT molecular complexity index is 1530. The summed E-state index contributed by atoms with van der Waals surface area (Å²) in [4.78, 5) is 11.5. The van der Waals surface area contributed by atoms with Crippen molar-refractivity contribution in [1.82, 2.24) is 19.5 Å². The molecule has 176 valence electrons. The van der Waals surface area contributed by atoms with Gasteiger partial charge in [0.25, 0.3) is 0 Å². The van der Waals surface area contributed by atoms with Gasteiger partial charge in [0.05, 0.1) is 22.1 Å². The van der Waals surface area contributed by atoms with Crippen LogP contribution in [0.5, 0.6) is 0 Å². The normalized spacial score (nSPS) is 10.4. The standard InChI is InChI=1S/C13H8BrFN2.C7H5BrN2.C6H4FI/c14-9-7-13-12(16-8-9)5-6-17(13)11-3-1-10(15)2-4-11;8-5-3-7-6(10-4-5)1-2-9-7;7-5-1-3-6(8)4-2-5/h1-8H;1-4,9H;1-4H. The molecule has 0 radical (unpaired) electrons. The van der Waals surface area contributed by atoms with Crippen LogP contribution in [0.4, 0.5) is 8.78 Å². The highest BCUT2D eigenvalue weighted by molar-refractivity contribution is 14.1. The van der Waals surface area contributed by atoms with Gasteiger partial charge in [0.15, 0.2) is 0 Å². The van der Waals surface area contributed by atoms with Crippen molar-refractivity contribution in [1.29, 1.82) is 0 Å². The fourth-order valence-electron chi connectivity index (χ4n) is 3.15. The van der Waals surface area contributed by atoms with Gasteiger partial charge in [-0.3, -0.25) is 9.97 Å². The summed E-state index contributed by atoms with van der Waals surface area (Å²) in [7, 11) is 0. The molecule has 0 aliphatic rings. The van der Waals surface area contributed by atoms with Crippen LogP contribution in [0.25, 0.3) is 27.8 Å². The minimum Gasteiger partial charge on any atom is -0.360 e. The van der Waals surface area contributed by atoms with Crippen molar-refractivity contribution >= 4 is 76.5 Å². The lowest BCUT2D eigenvalue weighted by Gasteiger charge is -2.05. The molecule has 6 rings (SSSR count). The van der Waals surface area contributed by atoms with E-state index in [4.69, 9.17) is 0 Å². The molecule has 0 amide bonds. The Morgan fingerprint density at radius 2 is 1.34 bits per heavy atom. The van der Waals surface area contributed by atoms with E-state index in [9.17, 15) is 8.78 Å². The van der Waals surface area contributed by atoms with Crippen LogP contribution in [-0.2, 0) is 0 Å². The maximum Gasteiger partial charge on any atom is 0.123 e. The van der Waals surface area contributed by atoms with Crippen molar-refractivity contribution in [3.63, 3.8) is 0 Å². The fourth-order valence-corrected chi connectivity index (χ4v) is 4.16. The zero-order valence-corrected chi connectivity index (χ0v) is 23.3. The molecule has 0 saturated carbocycles. The number of aromatic amines is 1. The number of H-pyrrole nitrogens is 1. The molecule has 4 aromatic heterocycles. The van der Waals surface area contributed by atoms with Gasteiger partial charge in [-0.2, -0.15) is 0 Å². The highest BCUT2D eigenvalue weighted by Gasteiger charge is 2.04. The molecule has 4 heterocycles. The highest BCUT2D eigenvalue weighted by Crippen LogP contribution is 2.22. The molecule has 6 aromatic rings. The van der Waals surface area contributed by atoms with Crippen molar-refractivity contribution in [2.24, 2.45) is 0 Å². The molecule has 35 heavy (non-hydrogen) atoms. The lowest BCUT2D eigenvalue weighted by Crippen LogP contribution is -1.92. The van der Waals surface area contributed by atoms with E-state index in [1.165, 1.54) is 24.3 Å². The van der Waals surface area contributed by atoms with E-state index in [0.717, 1.165) is 40.3 Å². The zero-order valence-electron chi connectivity index (χ0n) is 18.0. The van der Waals surface area contributed by atoms with Gasteiger partial charge < -0.3 is 9.55 Å². The second kappa shape index (κ2) is 11.9. The molecule has 4 nitrogen and oxygen atoms in total. The third-order valence-electron chi connectivity index (χ3n) is 4.78. The molecule has 2 aromatic carbocycles. The number of benzene rings is 2. The molecule has 0 bridgehead atoms. The van der Waals surface area contributed by atoms with Crippen LogP contribution in [0.15, 0.2) is 107 Å². The number of rotatable bonds is 1. The largest absolute Gasteiger partial charge is 0.360 e. The van der Waals surface area contributed by atoms with Gasteiger partial charge in [-0.05, 0) is 127 Å². The molecule has 1 N–H and O–H groups in total. The maximum atomic E-state index is 12.9. The number of hydrogen-bond donors (Lipinski definition) is 1. The molecule has 0 saturated heterocycles. The molecule has 0 aliphatic heterocycles. The predicted molar refractivity (Wildman–Crippen MR) is 152 cm³/mol. The van der Waals surface area contributed by atoms with Gasteiger partial charge in [0, 0.05) is 43.0 Å². The van der Waals surface area contributed by atoms with E-state index in [1.54, 1.807) is 36.7 Å². The van der Waals surface area contributed by atoms with Crippen LogP contribution in [0.3, 0.4) is 0 Å². The lowest BCUT2D eigenvalue weighted by atomic mass is 10.3. The van der Waals surface area contributed by atoms with Crippen LogP contribution < -0.4 is 0 Å². The summed E-state index contributed by atoms with van der Waals surface area (Å²) in [6.45, 7) is 0. The zero-order chi connectivity index (χ0) is 24.8. The van der Waals surface area contributed by atoms with E-state index in [-0.39, 0.29) is 11.6 Å². The van der Waals surface area contributed by atoms with Crippen LogP contribution in [-0.4, -0.2) is 19.5 Å².